The first-order chi connectivity index (χ1) is 10.1. The Hall–Kier alpha value is -2.34. The molecule has 1 unspecified atom stereocenters. The lowest BCUT2D eigenvalue weighted by molar-refractivity contribution is 0.184. The minimum Gasteiger partial charge on any atom is -0.393 e. The summed E-state index contributed by atoms with van der Waals surface area (Å²) in [6.45, 7) is 1.96. The van der Waals surface area contributed by atoms with Gasteiger partial charge in [-0.3, -0.25) is 0 Å². The molecule has 0 spiro atoms. The molecule has 2 rings (SSSR count). The van der Waals surface area contributed by atoms with Gasteiger partial charge in [0.15, 0.2) is 0 Å². The summed E-state index contributed by atoms with van der Waals surface area (Å²) in [7, 11) is 0. The van der Waals surface area contributed by atoms with Gasteiger partial charge in [-0.05, 0) is 43.7 Å². The number of aromatic nitrogens is 1. The Bertz CT molecular complexity index is 597. The number of nitrogens with one attached hydrogen (secondary N) is 2. The van der Waals surface area contributed by atoms with Crippen molar-refractivity contribution in [1.29, 1.82) is 0 Å². The molecular formula is C15H18FN3O2. The molecule has 0 saturated heterocycles. The average Bonchev–Trinajstić information content (AvgIpc) is 2.95. The Labute approximate surface area is 122 Å². The molecule has 1 aromatic carbocycles. The normalized spacial score (nSPS) is 12.0. The molecule has 0 saturated carbocycles. The van der Waals surface area contributed by atoms with E-state index in [1.165, 1.54) is 6.07 Å². The predicted octanol–water partition coefficient (Wildman–Crippen LogP) is 2.51. The molecule has 112 valence electrons. The molecule has 0 bridgehead atoms. The molecule has 5 nitrogen and oxygen atoms in total. The molecule has 0 fully saturated rings. The van der Waals surface area contributed by atoms with Crippen molar-refractivity contribution in [2.45, 2.75) is 19.4 Å². The van der Waals surface area contributed by atoms with Crippen LogP contribution < -0.4 is 10.6 Å². The van der Waals surface area contributed by atoms with E-state index in [0.717, 1.165) is 5.69 Å². The number of anilines is 1. The number of nitrogens with zero attached hydrogens (tertiary/aromatic N) is 1. The van der Waals surface area contributed by atoms with Gasteiger partial charge < -0.3 is 20.3 Å². The van der Waals surface area contributed by atoms with Crippen LogP contribution in [0.3, 0.4) is 0 Å². The summed E-state index contributed by atoms with van der Waals surface area (Å²) in [4.78, 5) is 11.7. The average molecular weight is 291 g/mol. The zero-order valence-electron chi connectivity index (χ0n) is 11.7. The quantitative estimate of drug-likeness (QED) is 0.792. The number of rotatable bonds is 5. The van der Waals surface area contributed by atoms with Crippen LogP contribution in [0.4, 0.5) is 14.9 Å². The van der Waals surface area contributed by atoms with Crippen LogP contribution in [-0.4, -0.2) is 28.4 Å². The van der Waals surface area contributed by atoms with Crippen molar-refractivity contribution in [3.05, 3.63) is 48.5 Å². The first-order valence-electron chi connectivity index (χ1n) is 6.72. The highest BCUT2D eigenvalue weighted by Gasteiger charge is 2.08. The van der Waals surface area contributed by atoms with Gasteiger partial charge in [0.2, 0.25) is 0 Å². The summed E-state index contributed by atoms with van der Waals surface area (Å²) >= 11 is 0. The highest BCUT2D eigenvalue weighted by Crippen LogP contribution is 2.19. The van der Waals surface area contributed by atoms with Crippen molar-refractivity contribution in [2.75, 3.05) is 11.9 Å². The smallest absolute Gasteiger partial charge is 0.319 e. The van der Waals surface area contributed by atoms with Gasteiger partial charge in [-0.15, -0.1) is 0 Å². The Morgan fingerprint density at radius 3 is 2.76 bits per heavy atom. The lowest BCUT2D eigenvalue weighted by Gasteiger charge is -2.11. The number of hydrogen-bond acceptors (Lipinski definition) is 2. The van der Waals surface area contributed by atoms with Gasteiger partial charge in [0.1, 0.15) is 5.82 Å². The second-order valence-corrected chi connectivity index (χ2v) is 4.77. The first-order valence-corrected chi connectivity index (χ1v) is 6.72. The maximum absolute atomic E-state index is 13.7. The summed E-state index contributed by atoms with van der Waals surface area (Å²) in [5.41, 5.74) is 0.858. The highest BCUT2D eigenvalue weighted by molar-refractivity contribution is 5.89. The second-order valence-electron chi connectivity index (χ2n) is 4.77. The molecule has 2 aromatic rings. The number of aliphatic hydroxyl groups is 1. The van der Waals surface area contributed by atoms with Crippen LogP contribution in [0.5, 0.6) is 0 Å². The van der Waals surface area contributed by atoms with E-state index in [1.807, 2.05) is 29.1 Å². The van der Waals surface area contributed by atoms with Crippen molar-refractivity contribution < 1.29 is 14.3 Å². The van der Waals surface area contributed by atoms with Gasteiger partial charge in [0.25, 0.3) is 0 Å². The van der Waals surface area contributed by atoms with Gasteiger partial charge in [-0.25, -0.2) is 9.18 Å². The van der Waals surface area contributed by atoms with Gasteiger partial charge >= 0.3 is 6.03 Å². The molecule has 6 heteroatoms. The standard InChI is InChI=1S/C15H18FN3O2/c1-11(20)6-7-17-15(21)18-14-10-12(4-5-13(14)16)19-8-2-3-9-19/h2-5,8-11,20H,6-7H2,1H3,(H2,17,18,21). The van der Waals surface area contributed by atoms with Crippen molar-refractivity contribution in [2.24, 2.45) is 0 Å². The number of halogens is 1. The summed E-state index contributed by atoms with van der Waals surface area (Å²) in [6.07, 6.45) is 3.62. The lowest BCUT2D eigenvalue weighted by Crippen LogP contribution is -2.31. The number of urea groups is 1. The molecular weight excluding hydrogens is 273 g/mol. The molecule has 1 aromatic heterocycles. The third kappa shape index (κ3) is 4.32. The van der Waals surface area contributed by atoms with Gasteiger partial charge in [-0.1, -0.05) is 0 Å². The van der Waals surface area contributed by atoms with E-state index in [2.05, 4.69) is 10.6 Å². The summed E-state index contributed by atoms with van der Waals surface area (Å²) in [5, 5.41) is 14.1. The molecule has 3 N–H and O–H groups in total. The number of amides is 2. The molecule has 1 heterocycles. The Morgan fingerprint density at radius 2 is 2.10 bits per heavy atom. The molecule has 21 heavy (non-hydrogen) atoms. The fourth-order valence-electron chi connectivity index (χ4n) is 1.84. The van der Waals surface area contributed by atoms with Crippen LogP contribution in [-0.2, 0) is 0 Å². The van der Waals surface area contributed by atoms with Crippen LogP contribution in [0.1, 0.15) is 13.3 Å². The van der Waals surface area contributed by atoms with E-state index in [9.17, 15) is 9.18 Å². The molecule has 0 aliphatic heterocycles. The minimum absolute atomic E-state index is 0.107. The van der Waals surface area contributed by atoms with E-state index in [4.69, 9.17) is 5.11 Å². The second kappa shape index (κ2) is 6.90. The molecule has 0 aliphatic rings. The number of benzene rings is 1. The van der Waals surface area contributed by atoms with Crippen LogP contribution in [0.25, 0.3) is 5.69 Å². The van der Waals surface area contributed by atoms with Crippen molar-refractivity contribution >= 4 is 11.7 Å². The van der Waals surface area contributed by atoms with Crippen LogP contribution in [0.2, 0.25) is 0 Å². The first kappa shape index (κ1) is 15.1. The topological polar surface area (TPSA) is 66.3 Å². The van der Waals surface area contributed by atoms with E-state index in [0.29, 0.717) is 13.0 Å². The number of carbonyl (C=O) groups is 1. The van der Waals surface area contributed by atoms with Crippen LogP contribution in [0, 0.1) is 5.82 Å². The summed E-state index contributed by atoms with van der Waals surface area (Å²) in [5.74, 6) is -0.503. The van der Waals surface area contributed by atoms with E-state index in [-0.39, 0.29) is 5.69 Å². The van der Waals surface area contributed by atoms with Crippen molar-refractivity contribution in [3.63, 3.8) is 0 Å². The van der Waals surface area contributed by atoms with Gasteiger partial charge in [0.05, 0.1) is 11.8 Å². The van der Waals surface area contributed by atoms with E-state index >= 15 is 0 Å². The Morgan fingerprint density at radius 1 is 1.38 bits per heavy atom. The fourth-order valence-corrected chi connectivity index (χ4v) is 1.84. The van der Waals surface area contributed by atoms with Gasteiger partial charge in [0, 0.05) is 24.6 Å². The molecule has 0 radical (unpaired) electrons. The largest absolute Gasteiger partial charge is 0.393 e. The van der Waals surface area contributed by atoms with E-state index in [1.54, 1.807) is 19.1 Å². The van der Waals surface area contributed by atoms with Crippen LogP contribution in [0.15, 0.2) is 42.7 Å². The van der Waals surface area contributed by atoms with E-state index < -0.39 is 18.0 Å². The number of hydrogen-bond donors (Lipinski definition) is 3. The monoisotopic (exact) mass is 291 g/mol. The van der Waals surface area contributed by atoms with Crippen molar-refractivity contribution in [1.82, 2.24) is 9.88 Å². The highest BCUT2D eigenvalue weighted by atomic mass is 19.1. The SMILES string of the molecule is CC(O)CCNC(=O)Nc1cc(-n2cccc2)ccc1F. The van der Waals surface area contributed by atoms with Crippen molar-refractivity contribution in [3.8, 4) is 5.69 Å². The maximum atomic E-state index is 13.7. The molecule has 2 amide bonds. The third-order valence-corrected chi connectivity index (χ3v) is 2.95. The maximum Gasteiger partial charge on any atom is 0.319 e. The minimum atomic E-state index is -0.503. The zero-order chi connectivity index (χ0) is 15.2. The number of carbonyl (C=O) groups excluding carboxylic acids is 1. The fraction of sp³-hybridized carbons (Fsp3) is 0.267. The number of aliphatic hydroxyl groups excluding tert-OH is 1. The Kier molecular flexibility index (Phi) is 4.94. The van der Waals surface area contributed by atoms with Crippen LogP contribution >= 0.6 is 0 Å². The molecule has 1 atom stereocenters. The summed E-state index contributed by atoms with van der Waals surface area (Å²) < 4.78 is 15.5. The Balaban J connectivity index is 2.02. The zero-order valence-corrected chi connectivity index (χ0v) is 11.7. The predicted molar refractivity (Wildman–Crippen MR) is 79.0 cm³/mol. The summed E-state index contributed by atoms with van der Waals surface area (Å²) in [6, 6.07) is 7.72. The van der Waals surface area contributed by atoms with Gasteiger partial charge in [-0.2, -0.15) is 0 Å². The lowest BCUT2D eigenvalue weighted by atomic mass is 10.2. The molecule has 0 aliphatic carbocycles. The third-order valence-electron chi connectivity index (χ3n) is 2.95.